The van der Waals surface area contributed by atoms with Crippen molar-refractivity contribution in [2.24, 2.45) is 5.92 Å². The molecule has 0 bridgehead atoms. The van der Waals surface area contributed by atoms with Crippen LogP contribution < -0.4 is 5.32 Å². The zero-order valence-electron chi connectivity index (χ0n) is 15.3. The summed E-state index contributed by atoms with van der Waals surface area (Å²) in [7, 11) is 0. The maximum Gasteiger partial charge on any atom is 0.235 e. The topological polar surface area (TPSA) is 59.4 Å². The van der Waals surface area contributed by atoms with Crippen LogP contribution in [0.15, 0.2) is 24.3 Å². The van der Waals surface area contributed by atoms with Crippen LogP contribution in [0.2, 0.25) is 0 Å². The quantitative estimate of drug-likeness (QED) is 0.859. The largest absolute Gasteiger partial charge is 0.337 e. The second kappa shape index (κ2) is 7.55. The van der Waals surface area contributed by atoms with Gasteiger partial charge in [0.1, 0.15) is 5.54 Å². The van der Waals surface area contributed by atoms with Crippen LogP contribution in [0.1, 0.15) is 30.9 Å². The van der Waals surface area contributed by atoms with E-state index in [1.165, 1.54) is 11.1 Å². The smallest absolute Gasteiger partial charge is 0.235 e. The number of piperazine rings is 1. The molecule has 3 rings (SSSR count). The van der Waals surface area contributed by atoms with E-state index in [2.05, 4.69) is 52.4 Å². The molecule has 1 aliphatic heterocycles. The number of benzene rings is 1. The van der Waals surface area contributed by atoms with Gasteiger partial charge >= 0.3 is 0 Å². The lowest BCUT2D eigenvalue weighted by atomic mass is 9.98. The third-order valence-corrected chi connectivity index (χ3v) is 5.51. The summed E-state index contributed by atoms with van der Waals surface area (Å²) in [6.07, 6.45) is 2.09. The summed E-state index contributed by atoms with van der Waals surface area (Å²) in [5, 5.41) is 12.3. The Labute approximate surface area is 150 Å². The molecule has 5 nitrogen and oxygen atoms in total. The van der Waals surface area contributed by atoms with E-state index < -0.39 is 5.54 Å². The number of rotatable bonds is 6. The molecular weight excluding hydrogens is 312 g/mol. The van der Waals surface area contributed by atoms with Gasteiger partial charge in [0, 0.05) is 32.7 Å². The normalized spacial score (nSPS) is 21.3. The molecule has 1 aromatic rings. The van der Waals surface area contributed by atoms with Crippen molar-refractivity contribution < 1.29 is 4.79 Å². The molecule has 1 amide bonds. The van der Waals surface area contributed by atoms with E-state index in [-0.39, 0.29) is 5.91 Å². The number of amides is 1. The van der Waals surface area contributed by atoms with Gasteiger partial charge in [0.2, 0.25) is 5.91 Å². The first-order chi connectivity index (χ1) is 12.0. The van der Waals surface area contributed by atoms with Gasteiger partial charge in [0.25, 0.3) is 0 Å². The van der Waals surface area contributed by atoms with Gasteiger partial charge in [-0.15, -0.1) is 0 Å². The summed E-state index contributed by atoms with van der Waals surface area (Å²) < 4.78 is 0. The molecule has 1 aliphatic carbocycles. The molecule has 2 fully saturated rings. The van der Waals surface area contributed by atoms with Crippen LogP contribution in [0.3, 0.4) is 0 Å². The summed E-state index contributed by atoms with van der Waals surface area (Å²) in [6.45, 7) is 9.10. The number of nitriles is 1. The number of hydrogen-bond acceptors (Lipinski definition) is 4. The van der Waals surface area contributed by atoms with E-state index >= 15 is 0 Å². The first-order valence-corrected chi connectivity index (χ1v) is 9.21. The number of nitrogens with zero attached hydrogens (tertiary/aromatic N) is 3. The van der Waals surface area contributed by atoms with E-state index in [0.717, 1.165) is 45.6 Å². The van der Waals surface area contributed by atoms with Gasteiger partial charge in [0.15, 0.2) is 0 Å². The monoisotopic (exact) mass is 340 g/mol. The molecule has 0 radical (unpaired) electrons. The highest BCUT2D eigenvalue weighted by molar-refractivity contribution is 5.79. The standard InChI is InChI=1S/C20H28N4O/c1-16-5-3-4-6-17(16)13-23-9-11-24(12-10-23)14-19(25)22-20(2,15-21)18-7-8-18/h3-6,18H,7-14H2,1-2H3,(H,22,25)/t20-/m1/s1. The Morgan fingerprint density at radius 2 is 1.88 bits per heavy atom. The average Bonchev–Trinajstić information content (AvgIpc) is 3.44. The summed E-state index contributed by atoms with van der Waals surface area (Å²) in [4.78, 5) is 17.0. The van der Waals surface area contributed by atoms with E-state index in [4.69, 9.17) is 0 Å². The summed E-state index contributed by atoms with van der Waals surface area (Å²) in [5.41, 5.74) is 2.02. The molecule has 1 aromatic carbocycles. The number of carbonyl (C=O) groups is 1. The van der Waals surface area contributed by atoms with Crippen molar-refractivity contribution in [1.82, 2.24) is 15.1 Å². The van der Waals surface area contributed by atoms with Crippen molar-refractivity contribution in [1.29, 1.82) is 5.26 Å². The molecule has 5 heteroatoms. The fourth-order valence-electron chi connectivity index (χ4n) is 3.55. The van der Waals surface area contributed by atoms with Gasteiger partial charge in [0.05, 0.1) is 12.6 Å². The second-order valence-electron chi connectivity index (χ2n) is 7.62. The first-order valence-electron chi connectivity index (χ1n) is 9.21. The Bertz CT molecular complexity index is 656. The fraction of sp³-hybridized carbons (Fsp3) is 0.600. The lowest BCUT2D eigenvalue weighted by Gasteiger charge is -2.35. The highest BCUT2D eigenvalue weighted by atomic mass is 16.2. The van der Waals surface area contributed by atoms with E-state index in [0.29, 0.717) is 12.5 Å². The van der Waals surface area contributed by atoms with Crippen LogP contribution in [-0.4, -0.2) is 54.0 Å². The Morgan fingerprint density at radius 1 is 1.24 bits per heavy atom. The van der Waals surface area contributed by atoms with Gasteiger partial charge in [-0.05, 0) is 43.7 Å². The summed E-state index contributed by atoms with van der Waals surface area (Å²) >= 11 is 0. The highest BCUT2D eigenvalue weighted by Crippen LogP contribution is 2.39. The molecule has 134 valence electrons. The molecule has 1 atom stereocenters. The van der Waals surface area contributed by atoms with Crippen LogP contribution in [0, 0.1) is 24.2 Å². The molecule has 0 aromatic heterocycles. The maximum atomic E-state index is 12.3. The van der Waals surface area contributed by atoms with E-state index in [9.17, 15) is 10.1 Å². The van der Waals surface area contributed by atoms with Crippen molar-refractivity contribution >= 4 is 5.91 Å². The number of hydrogen-bond donors (Lipinski definition) is 1. The van der Waals surface area contributed by atoms with Gasteiger partial charge in [-0.2, -0.15) is 5.26 Å². The minimum atomic E-state index is -0.691. The molecule has 0 spiro atoms. The minimum absolute atomic E-state index is 0.0247. The van der Waals surface area contributed by atoms with Crippen molar-refractivity contribution in [3.8, 4) is 6.07 Å². The predicted molar refractivity (Wildman–Crippen MR) is 97.8 cm³/mol. The van der Waals surface area contributed by atoms with Crippen LogP contribution in [-0.2, 0) is 11.3 Å². The fourth-order valence-corrected chi connectivity index (χ4v) is 3.55. The van der Waals surface area contributed by atoms with Crippen molar-refractivity contribution in [2.75, 3.05) is 32.7 Å². The van der Waals surface area contributed by atoms with Crippen molar-refractivity contribution in [3.05, 3.63) is 35.4 Å². The Kier molecular flexibility index (Phi) is 5.41. The molecule has 25 heavy (non-hydrogen) atoms. The lowest BCUT2D eigenvalue weighted by molar-refractivity contribution is -0.124. The zero-order valence-corrected chi connectivity index (χ0v) is 15.3. The van der Waals surface area contributed by atoms with Crippen LogP contribution >= 0.6 is 0 Å². The second-order valence-corrected chi connectivity index (χ2v) is 7.62. The van der Waals surface area contributed by atoms with Gasteiger partial charge in [-0.3, -0.25) is 14.6 Å². The van der Waals surface area contributed by atoms with Gasteiger partial charge in [-0.25, -0.2) is 0 Å². The van der Waals surface area contributed by atoms with Gasteiger partial charge < -0.3 is 5.32 Å². The minimum Gasteiger partial charge on any atom is -0.337 e. The summed E-state index contributed by atoms with van der Waals surface area (Å²) in [6, 6.07) is 10.8. The van der Waals surface area contributed by atoms with E-state index in [1.54, 1.807) is 0 Å². The van der Waals surface area contributed by atoms with Crippen LogP contribution in [0.4, 0.5) is 0 Å². The third-order valence-electron chi connectivity index (χ3n) is 5.51. The zero-order chi connectivity index (χ0) is 17.9. The van der Waals surface area contributed by atoms with Gasteiger partial charge in [-0.1, -0.05) is 24.3 Å². The number of aryl methyl sites for hydroxylation is 1. The molecular formula is C20H28N4O. The average molecular weight is 340 g/mol. The molecule has 1 N–H and O–H groups in total. The van der Waals surface area contributed by atoms with Crippen molar-refractivity contribution in [3.63, 3.8) is 0 Å². The molecule has 2 aliphatic rings. The van der Waals surface area contributed by atoms with Crippen LogP contribution in [0.25, 0.3) is 0 Å². The molecule has 1 heterocycles. The van der Waals surface area contributed by atoms with E-state index in [1.807, 2.05) is 6.92 Å². The molecule has 1 saturated heterocycles. The lowest BCUT2D eigenvalue weighted by Crippen LogP contribution is -2.53. The maximum absolute atomic E-state index is 12.3. The molecule has 1 saturated carbocycles. The Morgan fingerprint density at radius 3 is 2.48 bits per heavy atom. The number of carbonyl (C=O) groups excluding carboxylic acids is 1. The Hall–Kier alpha value is -1.90. The van der Waals surface area contributed by atoms with Crippen LogP contribution in [0.5, 0.6) is 0 Å². The SMILES string of the molecule is Cc1ccccc1CN1CCN(CC(=O)N[C@](C)(C#N)C2CC2)CC1. The molecule has 0 unspecified atom stereocenters. The van der Waals surface area contributed by atoms with Crippen molar-refractivity contribution in [2.45, 2.75) is 38.8 Å². The number of nitrogens with one attached hydrogen (secondary N) is 1. The summed E-state index contributed by atoms with van der Waals surface area (Å²) in [5.74, 6) is 0.302. The first kappa shape index (κ1) is 17.9. The third kappa shape index (κ3) is 4.59. The predicted octanol–water partition coefficient (Wildman–Crippen LogP) is 1.92. The highest BCUT2D eigenvalue weighted by Gasteiger charge is 2.43. The Balaban J connectivity index is 1.44.